The van der Waals surface area contributed by atoms with Crippen molar-refractivity contribution < 1.29 is 19.0 Å². The van der Waals surface area contributed by atoms with Gasteiger partial charge in [0.2, 0.25) is 5.90 Å². The summed E-state index contributed by atoms with van der Waals surface area (Å²) in [7, 11) is 3.11. The molecular weight excluding hydrogens is 421 g/mol. The van der Waals surface area contributed by atoms with Gasteiger partial charge in [0, 0.05) is 14.7 Å². The Morgan fingerprint density at radius 1 is 1.08 bits per heavy atom. The summed E-state index contributed by atoms with van der Waals surface area (Å²) in [5.41, 5.74) is 1.66. The Balaban J connectivity index is 1.99. The van der Waals surface area contributed by atoms with Crippen LogP contribution in [-0.2, 0) is 9.53 Å². The second kappa shape index (κ2) is 7.04. The summed E-state index contributed by atoms with van der Waals surface area (Å²) in [4.78, 5) is 16.4. The fraction of sp³-hybridized carbons (Fsp3) is 0.111. The van der Waals surface area contributed by atoms with Crippen LogP contribution in [0, 0.1) is 3.57 Å². The number of hydrogen-bond donors (Lipinski definition) is 0. The molecule has 0 aliphatic carbocycles. The molecule has 0 atom stereocenters. The minimum atomic E-state index is -0.492. The van der Waals surface area contributed by atoms with Crippen molar-refractivity contribution in [2.45, 2.75) is 0 Å². The number of methoxy groups -OCH3 is 2. The third-order valence-electron chi connectivity index (χ3n) is 3.44. The van der Waals surface area contributed by atoms with Gasteiger partial charge in [0.05, 0.1) is 14.2 Å². The van der Waals surface area contributed by atoms with E-state index in [0.29, 0.717) is 23.0 Å². The average molecular weight is 435 g/mol. The van der Waals surface area contributed by atoms with Gasteiger partial charge in [0.25, 0.3) is 0 Å². The van der Waals surface area contributed by atoms with Crippen molar-refractivity contribution >= 4 is 40.5 Å². The molecule has 2 aromatic rings. The second-order valence-corrected chi connectivity index (χ2v) is 6.17. The Bertz CT molecular complexity index is 841. The summed E-state index contributed by atoms with van der Waals surface area (Å²) >= 11 is 2.21. The van der Waals surface area contributed by atoms with Crippen LogP contribution in [0.2, 0.25) is 0 Å². The van der Waals surface area contributed by atoms with Crippen LogP contribution in [0.4, 0.5) is 0 Å². The van der Waals surface area contributed by atoms with E-state index in [4.69, 9.17) is 14.2 Å². The fourth-order valence-electron chi connectivity index (χ4n) is 2.30. The molecule has 1 aliphatic rings. The van der Waals surface area contributed by atoms with Crippen molar-refractivity contribution in [3.05, 3.63) is 62.9 Å². The summed E-state index contributed by atoms with van der Waals surface area (Å²) in [5, 5.41) is 0. The molecule has 0 fully saturated rings. The first-order valence-electron chi connectivity index (χ1n) is 7.12. The highest BCUT2D eigenvalue weighted by Crippen LogP contribution is 2.33. The highest BCUT2D eigenvalue weighted by atomic mass is 127. The highest BCUT2D eigenvalue weighted by molar-refractivity contribution is 14.1. The zero-order valence-corrected chi connectivity index (χ0v) is 15.2. The zero-order valence-electron chi connectivity index (χ0n) is 13.1. The molecular formula is C18H14INO4. The summed E-state index contributed by atoms with van der Waals surface area (Å²) < 4.78 is 17.0. The summed E-state index contributed by atoms with van der Waals surface area (Å²) in [6.07, 6.45) is 1.63. The number of hydrogen-bond acceptors (Lipinski definition) is 5. The number of rotatable bonds is 4. The van der Waals surface area contributed by atoms with E-state index in [1.54, 1.807) is 26.4 Å². The third kappa shape index (κ3) is 3.28. The highest BCUT2D eigenvalue weighted by Gasteiger charge is 2.24. The smallest absolute Gasteiger partial charge is 0.363 e. The number of carbonyl (C=O) groups is 1. The maximum atomic E-state index is 12.1. The van der Waals surface area contributed by atoms with E-state index in [2.05, 4.69) is 27.6 Å². The topological polar surface area (TPSA) is 57.1 Å². The zero-order chi connectivity index (χ0) is 17.1. The predicted octanol–water partition coefficient (Wildman–Crippen LogP) is 3.65. The van der Waals surface area contributed by atoms with Crippen molar-refractivity contribution in [2.75, 3.05) is 14.2 Å². The molecule has 1 heterocycles. The molecule has 5 nitrogen and oxygen atoms in total. The van der Waals surface area contributed by atoms with Gasteiger partial charge in [-0.15, -0.1) is 0 Å². The van der Waals surface area contributed by atoms with Crippen LogP contribution in [-0.4, -0.2) is 26.1 Å². The number of aliphatic imine (C=N–C) groups is 1. The Morgan fingerprint density at radius 3 is 2.50 bits per heavy atom. The predicted molar refractivity (Wildman–Crippen MR) is 99.3 cm³/mol. The Morgan fingerprint density at radius 2 is 1.83 bits per heavy atom. The second-order valence-electron chi connectivity index (χ2n) is 4.93. The molecule has 0 amide bonds. The number of nitrogens with zero attached hydrogens (tertiary/aromatic N) is 1. The van der Waals surface area contributed by atoms with Gasteiger partial charge in [-0.25, -0.2) is 9.79 Å². The molecule has 0 aromatic heterocycles. The lowest BCUT2D eigenvalue weighted by Gasteiger charge is -2.09. The molecule has 3 rings (SSSR count). The lowest BCUT2D eigenvalue weighted by atomic mass is 10.1. The Labute approximate surface area is 153 Å². The summed E-state index contributed by atoms with van der Waals surface area (Å²) in [6.45, 7) is 0. The van der Waals surface area contributed by atoms with E-state index in [9.17, 15) is 4.79 Å². The van der Waals surface area contributed by atoms with E-state index in [1.165, 1.54) is 0 Å². The van der Waals surface area contributed by atoms with Crippen molar-refractivity contribution in [3.63, 3.8) is 0 Å². The molecule has 0 spiro atoms. The van der Waals surface area contributed by atoms with Gasteiger partial charge in [-0.3, -0.25) is 0 Å². The maximum absolute atomic E-state index is 12.1. The first kappa shape index (κ1) is 16.5. The van der Waals surface area contributed by atoms with Gasteiger partial charge >= 0.3 is 5.97 Å². The Kier molecular flexibility index (Phi) is 4.84. The number of benzene rings is 2. The first-order valence-corrected chi connectivity index (χ1v) is 8.19. The van der Waals surface area contributed by atoms with Crippen molar-refractivity contribution in [1.29, 1.82) is 0 Å². The fourth-order valence-corrected chi connectivity index (χ4v) is 2.66. The van der Waals surface area contributed by atoms with Crippen molar-refractivity contribution in [1.82, 2.24) is 0 Å². The van der Waals surface area contributed by atoms with E-state index < -0.39 is 5.97 Å². The molecule has 2 aromatic carbocycles. The quantitative estimate of drug-likeness (QED) is 0.418. The number of para-hydroxylation sites is 1. The average Bonchev–Trinajstić information content (AvgIpc) is 2.96. The number of esters is 1. The molecule has 0 radical (unpaired) electrons. The lowest BCUT2D eigenvalue weighted by molar-refractivity contribution is -0.129. The molecule has 24 heavy (non-hydrogen) atoms. The van der Waals surface area contributed by atoms with Crippen LogP contribution < -0.4 is 9.47 Å². The van der Waals surface area contributed by atoms with Crippen LogP contribution in [0.25, 0.3) is 6.08 Å². The maximum Gasteiger partial charge on any atom is 0.363 e. The molecule has 1 aliphatic heterocycles. The number of ether oxygens (including phenoxy) is 3. The van der Waals surface area contributed by atoms with Gasteiger partial charge in [-0.05, 0) is 59.0 Å². The summed E-state index contributed by atoms with van der Waals surface area (Å²) in [5.74, 6) is 0.927. The van der Waals surface area contributed by atoms with Crippen LogP contribution in [0.15, 0.2) is 53.2 Å². The largest absolute Gasteiger partial charge is 0.493 e. The van der Waals surface area contributed by atoms with Crippen molar-refractivity contribution in [3.8, 4) is 11.5 Å². The molecule has 6 heteroatoms. The van der Waals surface area contributed by atoms with Crippen LogP contribution in [0.3, 0.4) is 0 Å². The molecule has 122 valence electrons. The molecule has 0 unspecified atom stereocenters. The SMILES string of the molecule is COc1cccc(/C=C2/N=C(c3ccc(I)cc3)OC2=O)c1OC. The molecule has 0 saturated carbocycles. The van der Waals surface area contributed by atoms with E-state index in [-0.39, 0.29) is 5.70 Å². The molecule has 0 saturated heterocycles. The molecule has 0 bridgehead atoms. The monoisotopic (exact) mass is 435 g/mol. The van der Waals surface area contributed by atoms with Gasteiger partial charge in [0.15, 0.2) is 17.2 Å². The van der Waals surface area contributed by atoms with Gasteiger partial charge < -0.3 is 14.2 Å². The van der Waals surface area contributed by atoms with Crippen LogP contribution >= 0.6 is 22.6 Å². The number of carbonyl (C=O) groups excluding carboxylic acids is 1. The number of halogens is 1. The van der Waals surface area contributed by atoms with Crippen LogP contribution in [0.5, 0.6) is 11.5 Å². The van der Waals surface area contributed by atoms with Gasteiger partial charge in [-0.2, -0.15) is 0 Å². The first-order chi connectivity index (χ1) is 11.6. The van der Waals surface area contributed by atoms with Crippen LogP contribution in [0.1, 0.15) is 11.1 Å². The van der Waals surface area contributed by atoms with E-state index in [1.807, 2.05) is 36.4 Å². The normalized spacial score (nSPS) is 15.2. The molecule has 0 N–H and O–H groups in total. The van der Waals surface area contributed by atoms with Gasteiger partial charge in [0.1, 0.15) is 0 Å². The number of cyclic esters (lactones) is 1. The van der Waals surface area contributed by atoms with Gasteiger partial charge in [-0.1, -0.05) is 12.1 Å². The van der Waals surface area contributed by atoms with Crippen molar-refractivity contribution in [2.24, 2.45) is 4.99 Å². The van der Waals surface area contributed by atoms with E-state index >= 15 is 0 Å². The minimum Gasteiger partial charge on any atom is -0.493 e. The standard InChI is InChI=1S/C18H14INO4/c1-22-15-5-3-4-12(16(15)23-2)10-14-18(21)24-17(20-14)11-6-8-13(19)9-7-11/h3-10H,1-2H3/b14-10+. The Hall–Kier alpha value is -2.35. The van der Waals surface area contributed by atoms with E-state index in [0.717, 1.165) is 9.13 Å². The third-order valence-corrected chi connectivity index (χ3v) is 4.16. The summed E-state index contributed by atoms with van der Waals surface area (Å²) in [6, 6.07) is 13.0. The lowest BCUT2D eigenvalue weighted by Crippen LogP contribution is -2.05. The minimum absolute atomic E-state index is 0.218.